The van der Waals surface area contributed by atoms with Crippen LogP contribution in [0.25, 0.3) is 0 Å². The van der Waals surface area contributed by atoms with Crippen LogP contribution in [-0.4, -0.2) is 65.5 Å². The van der Waals surface area contributed by atoms with E-state index in [1.54, 1.807) is 6.08 Å². The number of benzene rings is 1. The van der Waals surface area contributed by atoms with Crippen LogP contribution in [0.3, 0.4) is 0 Å². The quantitative estimate of drug-likeness (QED) is 0.326. The smallest absolute Gasteiger partial charge is 0.308 e. The van der Waals surface area contributed by atoms with Crippen molar-refractivity contribution >= 4 is 11.9 Å². The summed E-state index contributed by atoms with van der Waals surface area (Å²) in [5.74, 6) is 2.38. The van der Waals surface area contributed by atoms with Gasteiger partial charge in [-0.25, -0.2) is 4.79 Å². The van der Waals surface area contributed by atoms with E-state index in [0.29, 0.717) is 24.0 Å². The zero-order valence-electron chi connectivity index (χ0n) is 22.4. The molecule has 0 aliphatic carbocycles. The Hall–Kier alpha value is -2.34. The molecule has 1 aromatic rings. The van der Waals surface area contributed by atoms with Crippen molar-refractivity contribution in [1.29, 1.82) is 0 Å². The van der Waals surface area contributed by atoms with Gasteiger partial charge in [0.2, 0.25) is 6.79 Å². The van der Waals surface area contributed by atoms with Crippen molar-refractivity contribution in [2.75, 3.05) is 26.4 Å². The molecular formula is C29H44N2O5. The van der Waals surface area contributed by atoms with Crippen LogP contribution in [-0.2, 0) is 9.59 Å². The van der Waals surface area contributed by atoms with Gasteiger partial charge in [-0.1, -0.05) is 53.0 Å². The van der Waals surface area contributed by atoms with Crippen LogP contribution in [0.15, 0.2) is 24.3 Å². The molecule has 0 spiro atoms. The first-order valence-electron chi connectivity index (χ1n) is 13.8. The fourth-order valence-electron chi connectivity index (χ4n) is 5.62. The summed E-state index contributed by atoms with van der Waals surface area (Å²) in [6, 6.07) is 5.62. The number of carbonyl (C=O) groups excluding carboxylic acids is 1. The van der Waals surface area contributed by atoms with Crippen LogP contribution < -0.4 is 9.47 Å². The molecule has 0 aromatic heterocycles. The van der Waals surface area contributed by atoms with E-state index in [1.807, 2.05) is 18.2 Å². The monoisotopic (exact) mass is 500 g/mol. The second-order valence-electron chi connectivity index (χ2n) is 10.4. The second-order valence-corrected chi connectivity index (χ2v) is 10.4. The molecule has 36 heavy (non-hydrogen) atoms. The normalized spacial score (nSPS) is 23.0. The number of likely N-dealkylation sites (tertiary alicyclic amines) is 1. The van der Waals surface area contributed by atoms with Crippen LogP contribution in [0, 0.1) is 11.8 Å². The van der Waals surface area contributed by atoms with Crippen LogP contribution >= 0.6 is 0 Å². The van der Waals surface area contributed by atoms with Crippen LogP contribution in [0.1, 0.15) is 84.1 Å². The number of hydrogen-bond acceptors (Lipinski definition) is 6. The van der Waals surface area contributed by atoms with Gasteiger partial charge in [0.25, 0.3) is 0 Å². The Morgan fingerprint density at radius 3 is 2.50 bits per heavy atom. The number of carbonyl (C=O) groups is 1. The molecular weight excluding hydrogens is 456 g/mol. The third-order valence-corrected chi connectivity index (χ3v) is 7.97. The highest BCUT2D eigenvalue weighted by Gasteiger charge is 2.49. The molecule has 0 amide bonds. The molecule has 0 bridgehead atoms. The third-order valence-electron chi connectivity index (χ3n) is 7.97. The van der Waals surface area contributed by atoms with E-state index >= 15 is 0 Å². The number of ether oxygens (including phenoxy) is 2. The lowest BCUT2D eigenvalue weighted by molar-refractivity contribution is -0.143. The summed E-state index contributed by atoms with van der Waals surface area (Å²) in [4.78, 5) is 29.2. The Labute approximate surface area is 216 Å². The van der Waals surface area contributed by atoms with Crippen LogP contribution in [0.4, 0.5) is 0 Å². The molecule has 7 nitrogen and oxygen atoms in total. The second kappa shape index (κ2) is 13.8. The Morgan fingerprint density at radius 1 is 1.19 bits per heavy atom. The molecule has 1 fully saturated rings. The molecule has 1 saturated heterocycles. The van der Waals surface area contributed by atoms with E-state index in [1.165, 1.54) is 0 Å². The lowest BCUT2D eigenvalue weighted by Crippen LogP contribution is -2.51. The van der Waals surface area contributed by atoms with E-state index in [2.05, 4.69) is 43.4 Å². The molecule has 5 unspecified atom stereocenters. The van der Waals surface area contributed by atoms with Crippen molar-refractivity contribution < 1.29 is 24.2 Å². The molecule has 2 aliphatic rings. The lowest BCUT2D eigenvalue weighted by atomic mass is 9.82. The molecule has 7 heteroatoms. The largest absolute Gasteiger partial charge is 0.481 e. The van der Waals surface area contributed by atoms with E-state index in [-0.39, 0.29) is 24.9 Å². The molecule has 0 radical (unpaired) electrons. The molecule has 2 heterocycles. The summed E-state index contributed by atoms with van der Waals surface area (Å²) in [7, 11) is 0. The maximum absolute atomic E-state index is 12.8. The molecule has 2 aliphatic heterocycles. The number of carboxylic acids is 1. The third kappa shape index (κ3) is 6.70. The summed E-state index contributed by atoms with van der Waals surface area (Å²) >= 11 is 0. The number of unbranched alkanes of at least 4 members (excludes halogenated alkanes) is 2. The van der Waals surface area contributed by atoms with Crippen molar-refractivity contribution in [3.63, 3.8) is 0 Å². The Morgan fingerprint density at radius 2 is 1.89 bits per heavy atom. The Balaban J connectivity index is 2.00. The number of fused-ring (bicyclic) bond motifs is 1. The highest BCUT2D eigenvalue weighted by molar-refractivity contribution is 5.73. The van der Waals surface area contributed by atoms with Crippen molar-refractivity contribution in [3.8, 4) is 11.5 Å². The predicted octanol–water partition coefficient (Wildman–Crippen LogP) is 5.33. The van der Waals surface area contributed by atoms with Crippen LogP contribution in [0.5, 0.6) is 11.5 Å². The summed E-state index contributed by atoms with van der Waals surface area (Å²) in [6.45, 7) is 11.2. The first-order chi connectivity index (χ1) is 17.4. The van der Waals surface area contributed by atoms with Gasteiger partial charge in [-0.15, -0.1) is 0 Å². The summed E-state index contributed by atoms with van der Waals surface area (Å²) in [5.41, 5.74) is 0.949. The zero-order chi connectivity index (χ0) is 26.1. The van der Waals surface area contributed by atoms with Gasteiger partial charge < -0.3 is 14.6 Å². The first kappa shape index (κ1) is 28.2. The summed E-state index contributed by atoms with van der Waals surface area (Å²) in [6.07, 6.45) is 8.35. The summed E-state index contributed by atoms with van der Waals surface area (Å²) in [5, 5.41) is 10.5. The van der Waals surface area contributed by atoms with Gasteiger partial charge in [-0.05, 0) is 62.4 Å². The molecule has 200 valence electrons. The SMILES string of the molecule is CCCCN(CCCC)C(C=C=O)N1CC(c2ccc3c(c2)OCO3)C(C(=O)O)C1CCC(C)CC. The fraction of sp³-hybridized carbons (Fsp3) is 0.690. The minimum Gasteiger partial charge on any atom is -0.481 e. The number of hydrogen-bond donors (Lipinski definition) is 1. The maximum atomic E-state index is 12.8. The minimum atomic E-state index is -0.781. The number of carboxylic acid groups (broad SMARTS) is 1. The van der Waals surface area contributed by atoms with Gasteiger partial charge in [0.15, 0.2) is 11.5 Å². The van der Waals surface area contributed by atoms with Crippen molar-refractivity contribution in [3.05, 3.63) is 29.8 Å². The van der Waals surface area contributed by atoms with E-state index in [9.17, 15) is 14.7 Å². The van der Waals surface area contributed by atoms with Gasteiger partial charge in [0, 0.05) is 24.6 Å². The molecule has 5 atom stereocenters. The van der Waals surface area contributed by atoms with Gasteiger partial charge >= 0.3 is 5.97 Å². The number of aliphatic carboxylic acids is 1. The highest BCUT2D eigenvalue weighted by atomic mass is 16.7. The van der Waals surface area contributed by atoms with Gasteiger partial charge in [0.05, 0.1) is 12.1 Å². The average molecular weight is 501 g/mol. The van der Waals surface area contributed by atoms with Gasteiger partial charge in [0.1, 0.15) is 5.94 Å². The maximum Gasteiger partial charge on any atom is 0.308 e. The number of nitrogens with zero attached hydrogens (tertiary/aromatic N) is 2. The van der Waals surface area contributed by atoms with Gasteiger partial charge in [-0.2, -0.15) is 0 Å². The van der Waals surface area contributed by atoms with Crippen molar-refractivity contribution in [1.82, 2.24) is 9.80 Å². The lowest BCUT2D eigenvalue weighted by Gasteiger charge is -2.39. The molecule has 1 N–H and O–H groups in total. The van der Waals surface area contributed by atoms with Crippen LogP contribution in [0.2, 0.25) is 0 Å². The fourth-order valence-corrected chi connectivity index (χ4v) is 5.62. The number of rotatable bonds is 15. The average Bonchev–Trinajstić information content (AvgIpc) is 3.50. The highest BCUT2D eigenvalue weighted by Crippen LogP contribution is 2.44. The zero-order valence-corrected chi connectivity index (χ0v) is 22.4. The first-order valence-corrected chi connectivity index (χ1v) is 13.8. The molecule has 3 rings (SSSR count). The standard InChI is InChI=1S/C29H44N2O5/c1-5-8-15-30(16-9-6-2)27(14-17-32)31-19-23(22-11-13-25-26(18-22)36-20-35-25)28(29(33)34)24(31)12-10-21(4)7-3/h11,13-14,18,21,23-24,27-28H,5-10,12,15-16,19-20H2,1-4H3,(H,33,34). The topological polar surface area (TPSA) is 79.3 Å². The summed E-state index contributed by atoms with van der Waals surface area (Å²) < 4.78 is 11.1. The minimum absolute atomic E-state index is 0.174. The Kier molecular flexibility index (Phi) is 10.8. The van der Waals surface area contributed by atoms with Crippen molar-refractivity contribution in [2.24, 2.45) is 11.8 Å². The van der Waals surface area contributed by atoms with Crippen molar-refractivity contribution in [2.45, 2.75) is 90.8 Å². The molecule has 1 aromatic carbocycles. The Bertz CT molecular complexity index is 892. The predicted molar refractivity (Wildman–Crippen MR) is 141 cm³/mol. The van der Waals surface area contributed by atoms with E-state index < -0.39 is 11.9 Å². The van der Waals surface area contributed by atoms with Gasteiger partial charge in [-0.3, -0.25) is 14.6 Å². The van der Waals surface area contributed by atoms with E-state index in [0.717, 1.165) is 63.6 Å². The van der Waals surface area contributed by atoms with E-state index in [4.69, 9.17) is 9.47 Å². The molecule has 0 saturated carbocycles.